The fourth-order valence-electron chi connectivity index (χ4n) is 2.84. The average molecular weight is 354 g/mol. The van der Waals surface area contributed by atoms with Crippen LogP contribution in [0.1, 0.15) is 17.3 Å². The Bertz CT molecular complexity index is 586. The van der Waals surface area contributed by atoms with Crippen molar-refractivity contribution in [2.24, 2.45) is 11.8 Å². The van der Waals surface area contributed by atoms with Gasteiger partial charge in [-0.3, -0.25) is 9.59 Å². The number of amides is 2. The van der Waals surface area contributed by atoms with Crippen LogP contribution in [0.2, 0.25) is 0 Å². The number of nitrogens with zero attached hydrogens (tertiary/aromatic N) is 1. The summed E-state index contributed by atoms with van der Waals surface area (Å²) >= 11 is 0. The van der Waals surface area contributed by atoms with Crippen molar-refractivity contribution in [3.05, 3.63) is 29.8 Å². The lowest BCUT2D eigenvalue weighted by atomic mass is 9.88. The molecule has 24 heavy (non-hydrogen) atoms. The van der Waals surface area contributed by atoms with Crippen LogP contribution in [0, 0.1) is 11.8 Å². The number of carbonyl (C=O) groups excluding carboxylic acids is 2. The summed E-state index contributed by atoms with van der Waals surface area (Å²) in [4.78, 5) is 26.9. The molecule has 0 spiro atoms. The molecule has 2 saturated heterocycles. The Kier molecular flexibility index (Phi) is 6.60. The van der Waals surface area contributed by atoms with Gasteiger partial charge >= 0.3 is 0 Å². The number of ether oxygens (including phenoxy) is 1. The molecule has 2 N–H and O–H groups in total. The molecule has 1 unspecified atom stereocenters. The molecule has 0 bridgehead atoms. The van der Waals surface area contributed by atoms with Crippen molar-refractivity contribution in [3.8, 4) is 0 Å². The second-order valence-electron chi connectivity index (χ2n) is 6.15. The van der Waals surface area contributed by atoms with Gasteiger partial charge in [-0.1, -0.05) is 19.1 Å². The molecular formula is C17H24ClN3O3. The number of halogens is 1. The number of para-hydroxylation sites is 1. The minimum atomic E-state index is -0.0669. The quantitative estimate of drug-likeness (QED) is 0.857. The molecule has 3 rings (SSSR count). The standard InChI is InChI=1S/C17H23N3O3.ClH/c1-12(13-10-18-11-13)16(21)19-15-5-3-2-4-14(15)17(22)20-6-8-23-9-7-20;/h2-5,12-13,18H,6-11H2,1H3,(H,19,21);1H. The van der Waals surface area contributed by atoms with Gasteiger partial charge in [0, 0.05) is 19.0 Å². The fourth-order valence-corrected chi connectivity index (χ4v) is 2.84. The van der Waals surface area contributed by atoms with E-state index in [-0.39, 0.29) is 30.1 Å². The van der Waals surface area contributed by atoms with E-state index in [0.717, 1.165) is 13.1 Å². The van der Waals surface area contributed by atoms with Crippen LogP contribution in [0.3, 0.4) is 0 Å². The van der Waals surface area contributed by atoms with E-state index in [1.165, 1.54) is 0 Å². The molecule has 2 aliphatic heterocycles. The van der Waals surface area contributed by atoms with E-state index in [1.807, 2.05) is 19.1 Å². The molecule has 0 radical (unpaired) electrons. The Balaban J connectivity index is 0.00000208. The van der Waals surface area contributed by atoms with Crippen LogP contribution in [-0.2, 0) is 9.53 Å². The predicted octanol–water partition coefficient (Wildman–Crippen LogP) is 1.37. The van der Waals surface area contributed by atoms with Crippen LogP contribution < -0.4 is 10.6 Å². The molecule has 1 aromatic carbocycles. The maximum atomic E-state index is 12.7. The number of morpholine rings is 1. The molecule has 2 fully saturated rings. The molecule has 0 aromatic heterocycles. The summed E-state index contributed by atoms with van der Waals surface area (Å²) in [6, 6.07) is 7.21. The minimum absolute atomic E-state index is 0. The zero-order valence-corrected chi connectivity index (χ0v) is 14.6. The lowest BCUT2D eigenvalue weighted by Gasteiger charge is -2.32. The normalized spacial score (nSPS) is 19.0. The van der Waals surface area contributed by atoms with Crippen LogP contribution >= 0.6 is 12.4 Å². The lowest BCUT2D eigenvalue weighted by Crippen LogP contribution is -2.48. The first kappa shape index (κ1) is 18.7. The zero-order valence-electron chi connectivity index (χ0n) is 13.8. The van der Waals surface area contributed by atoms with E-state index in [4.69, 9.17) is 4.74 Å². The van der Waals surface area contributed by atoms with Gasteiger partial charge in [-0.2, -0.15) is 0 Å². The summed E-state index contributed by atoms with van der Waals surface area (Å²) in [5, 5.41) is 6.11. The third-order valence-corrected chi connectivity index (χ3v) is 4.65. The van der Waals surface area contributed by atoms with E-state index in [1.54, 1.807) is 17.0 Å². The first-order valence-electron chi connectivity index (χ1n) is 8.14. The highest BCUT2D eigenvalue weighted by Gasteiger charge is 2.29. The van der Waals surface area contributed by atoms with Crippen LogP contribution in [0.4, 0.5) is 5.69 Å². The van der Waals surface area contributed by atoms with Gasteiger partial charge in [-0.25, -0.2) is 0 Å². The van der Waals surface area contributed by atoms with Crippen molar-refractivity contribution in [2.75, 3.05) is 44.7 Å². The van der Waals surface area contributed by atoms with Gasteiger partial charge in [0.1, 0.15) is 0 Å². The summed E-state index contributed by atoms with van der Waals surface area (Å²) in [6.07, 6.45) is 0. The van der Waals surface area contributed by atoms with Crippen molar-refractivity contribution >= 4 is 29.9 Å². The summed E-state index contributed by atoms with van der Waals surface area (Å²) in [5.41, 5.74) is 1.13. The van der Waals surface area contributed by atoms with E-state index in [9.17, 15) is 9.59 Å². The second-order valence-corrected chi connectivity index (χ2v) is 6.15. The molecule has 0 saturated carbocycles. The van der Waals surface area contributed by atoms with Gasteiger partial charge in [-0.05, 0) is 31.1 Å². The van der Waals surface area contributed by atoms with Crippen molar-refractivity contribution in [1.82, 2.24) is 10.2 Å². The number of hydrogen-bond donors (Lipinski definition) is 2. The van der Waals surface area contributed by atoms with Gasteiger partial charge in [-0.15, -0.1) is 12.4 Å². The van der Waals surface area contributed by atoms with Crippen LogP contribution in [-0.4, -0.2) is 56.1 Å². The molecular weight excluding hydrogens is 330 g/mol. The Hall–Kier alpha value is -1.63. The van der Waals surface area contributed by atoms with Gasteiger partial charge in [0.25, 0.3) is 5.91 Å². The number of anilines is 1. The maximum absolute atomic E-state index is 12.7. The molecule has 1 aromatic rings. The topological polar surface area (TPSA) is 70.7 Å². The predicted molar refractivity (Wildman–Crippen MR) is 94.6 cm³/mol. The smallest absolute Gasteiger partial charge is 0.256 e. The molecule has 1 atom stereocenters. The van der Waals surface area contributed by atoms with E-state index >= 15 is 0 Å². The second kappa shape index (κ2) is 8.46. The molecule has 132 valence electrons. The summed E-state index contributed by atoms with van der Waals surface area (Å²) in [7, 11) is 0. The van der Waals surface area contributed by atoms with E-state index < -0.39 is 0 Å². The highest BCUT2D eigenvalue weighted by molar-refractivity contribution is 6.04. The highest BCUT2D eigenvalue weighted by Crippen LogP contribution is 2.22. The zero-order chi connectivity index (χ0) is 16.2. The summed E-state index contributed by atoms with van der Waals surface area (Å²) in [5.74, 6) is 0.223. The molecule has 7 heteroatoms. The van der Waals surface area contributed by atoms with E-state index in [2.05, 4.69) is 10.6 Å². The number of benzene rings is 1. The number of rotatable bonds is 4. The highest BCUT2D eigenvalue weighted by atomic mass is 35.5. The van der Waals surface area contributed by atoms with Crippen LogP contribution in [0.25, 0.3) is 0 Å². The van der Waals surface area contributed by atoms with Gasteiger partial charge in [0.05, 0.1) is 24.5 Å². The van der Waals surface area contributed by atoms with Gasteiger partial charge in [0.2, 0.25) is 5.91 Å². The third-order valence-electron chi connectivity index (χ3n) is 4.65. The first-order chi connectivity index (χ1) is 11.2. The summed E-state index contributed by atoms with van der Waals surface area (Å²) < 4.78 is 5.29. The Labute approximate surface area is 148 Å². The Morgan fingerprint density at radius 3 is 2.54 bits per heavy atom. The first-order valence-corrected chi connectivity index (χ1v) is 8.14. The lowest BCUT2D eigenvalue weighted by molar-refractivity contribution is -0.121. The van der Waals surface area contributed by atoms with Crippen molar-refractivity contribution < 1.29 is 14.3 Å². The van der Waals surface area contributed by atoms with Crippen molar-refractivity contribution in [2.45, 2.75) is 6.92 Å². The fraction of sp³-hybridized carbons (Fsp3) is 0.529. The molecule has 2 heterocycles. The van der Waals surface area contributed by atoms with Crippen LogP contribution in [0.5, 0.6) is 0 Å². The third kappa shape index (κ3) is 4.06. The monoisotopic (exact) mass is 353 g/mol. The Morgan fingerprint density at radius 1 is 1.25 bits per heavy atom. The Morgan fingerprint density at radius 2 is 1.92 bits per heavy atom. The SMILES string of the molecule is CC(C(=O)Nc1ccccc1C(=O)N1CCOCC1)C1CNC1.Cl. The minimum Gasteiger partial charge on any atom is -0.378 e. The molecule has 6 nitrogen and oxygen atoms in total. The average Bonchev–Trinajstić information content (AvgIpc) is 2.54. The summed E-state index contributed by atoms with van der Waals surface area (Å²) in [6.45, 7) is 5.99. The molecule has 0 aliphatic carbocycles. The van der Waals surface area contributed by atoms with Crippen LogP contribution in [0.15, 0.2) is 24.3 Å². The van der Waals surface area contributed by atoms with Crippen molar-refractivity contribution in [1.29, 1.82) is 0 Å². The molecule has 2 amide bonds. The van der Waals surface area contributed by atoms with E-state index in [0.29, 0.717) is 43.5 Å². The number of nitrogens with one attached hydrogen (secondary N) is 2. The maximum Gasteiger partial charge on any atom is 0.256 e. The van der Waals surface area contributed by atoms with Gasteiger partial charge in [0.15, 0.2) is 0 Å². The number of carbonyl (C=O) groups is 2. The van der Waals surface area contributed by atoms with Gasteiger partial charge < -0.3 is 20.3 Å². The largest absolute Gasteiger partial charge is 0.378 e. The number of hydrogen-bond acceptors (Lipinski definition) is 4. The van der Waals surface area contributed by atoms with Crippen molar-refractivity contribution in [3.63, 3.8) is 0 Å². The molecule has 2 aliphatic rings.